The van der Waals surface area contributed by atoms with Crippen LogP contribution in [0.1, 0.15) is 0 Å². The van der Waals surface area contributed by atoms with Gasteiger partial charge in [0.15, 0.2) is 0 Å². The molecule has 4 N–H and O–H groups in total. The summed E-state index contributed by atoms with van der Waals surface area (Å²) in [4.78, 5) is 1.64. The molecule has 0 amide bonds. The van der Waals surface area contributed by atoms with Crippen molar-refractivity contribution in [2.75, 3.05) is 11.9 Å². The SMILES string of the molecule is CN(/C(N)=N/N)c1cccc(Cl)c1. The number of rotatable bonds is 1. The summed E-state index contributed by atoms with van der Waals surface area (Å²) in [5, 5.41) is 4.02. The Morgan fingerprint density at radius 2 is 2.23 bits per heavy atom. The van der Waals surface area contributed by atoms with Crippen LogP contribution in [0.5, 0.6) is 0 Å². The topological polar surface area (TPSA) is 67.6 Å². The Labute approximate surface area is 81.8 Å². The highest BCUT2D eigenvalue weighted by Crippen LogP contribution is 2.17. The number of guanidine groups is 1. The molecule has 1 aromatic carbocycles. The van der Waals surface area contributed by atoms with Crippen molar-refractivity contribution < 1.29 is 0 Å². The van der Waals surface area contributed by atoms with E-state index in [0.29, 0.717) is 5.02 Å². The van der Waals surface area contributed by atoms with Crippen molar-refractivity contribution in [1.82, 2.24) is 0 Å². The van der Waals surface area contributed by atoms with Crippen molar-refractivity contribution >= 4 is 23.2 Å². The second kappa shape index (κ2) is 4.00. The predicted molar refractivity (Wildman–Crippen MR) is 55.7 cm³/mol. The fourth-order valence-electron chi connectivity index (χ4n) is 0.904. The van der Waals surface area contributed by atoms with Crippen LogP contribution in [0.25, 0.3) is 0 Å². The van der Waals surface area contributed by atoms with E-state index in [-0.39, 0.29) is 5.96 Å². The van der Waals surface area contributed by atoms with Gasteiger partial charge in [0.1, 0.15) is 0 Å². The smallest absolute Gasteiger partial charge is 0.217 e. The lowest BCUT2D eigenvalue weighted by atomic mass is 10.3. The van der Waals surface area contributed by atoms with Crippen LogP contribution in [0, 0.1) is 0 Å². The molecule has 5 heteroatoms. The Bertz CT molecular complexity index is 324. The normalized spacial score (nSPS) is 11.4. The molecule has 0 saturated heterocycles. The minimum absolute atomic E-state index is 0.238. The molecule has 0 aromatic heterocycles. The molecule has 0 radical (unpaired) electrons. The van der Waals surface area contributed by atoms with Gasteiger partial charge in [-0.05, 0) is 18.2 Å². The van der Waals surface area contributed by atoms with E-state index in [1.54, 1.807) is 24.1 Å². The Kier molecular flexibility index (Phi) is 2.97. The van der Waals surface area contributed by atoms with Crippen LogP contribution in [-0.4, -0.2) is 13.0 Å². The van der Waals surface area contributed by atoms with E-state index in [9.17, 15) is 0 Å². The number of halogens is 1. The summed E-state index contributed by atoms with van der Waals surface area (Å²) >= 11 is 5.80. The summed E-state index contributed by atoms with van der Waals surface area (Å²) in [7, 11) is 1.76. The molecule has 13 heavy (non-hydrogen) atoms. The van der Waals surface area contributed by atoms with Crippen molar-refractivity contribution in [1.29, 1.82) is 0 Å². The van der Waals surface area contributed by atoms with E-state index in [2.05, 4.69) is 5.10 Å². The highest BCUT2D eigenvalue weighted by molar-refractivity contribution is 6.30. The summed E-state index contributed by atoms with van der Waals surface area (Å²) in [6, 6.07) is 7.26. The molecule has 0 bridgehead atoms. The Hall–Kier alpha value is -1.42. The molecule has 0 fully saturated rings. The van der Waals surface area contributed by atoms with Crippen LogP contribution in [0.2, 0.25) is 5.02 Å². The minimum Gasteiger partial charge on any atom is -0.368 e. The van der Waals surface area contributed by atoms with Crippen molar-refractivity contribution in [3.63, 3.8) is 0 Å². The molecule has 0 spiro atoms. The number of anilines is 1. The first-order valence-corrected chi connectivity index (χ1v) is 4.05. The zero-order chi connectivity index (χ0) is 9.84. The average molecular weight is 199 g/mol. The van der Waals surface area contributed by atoms with Crippen LogP contribution < -0.4 is 16.5 Å². The highest BCUT2D eigenvalue weighted by atomic mass is 35.5. The van der Waals surface area contributed by atoms with Gasteiger partial charge in [-0.2, -0.15) is 0 Å². The summed E-state index contributed by atoms with van der Waals surface area (Å²) in [5.74, 6) is 5.27. The number of nitrogens with two attached hydrogens (primary N) is 2. The Morgan fingerprint density at radius 3 is 2.77 bits per heavy atom. The third kappa shape index (κ3) is 2.26. The maximum Gasteiger partial charge on any atom is 0.217 e. The van der Waals surface area contributed by atoms with Gasteiger partial charge < -0.3 is 16.5 Å². The third-order valence-electron chi connectivity index (χ3n) is 1.67. The van der Waals surface area contributed by atoms with E-state index >= 15 is 0 Å². The fraction of sp³-hybridized carbons (Fsp3) is 0.125. The average Bonchev–Trinajstić information content (AvgIpc) is 2.15. The van der Waals surface area contributed by atoms with Crippen LogP contribution in [0.15, 0.2) is 29.4 Å². The van der Waals surface area contributed by atoms with E-state index in [1.807, 2.05) is 12.1 Å². The quantitative estimate of drug-likeness (QED) is 0.306. The molecule has 0 atom stereocenters. The maximum atomic E-state index is 5.80. The number of hydrogen-bond donors (Lipinski definition) is 2. The lowest BCUT2D eigenvalue weighted by Crippen LogP contribution is -2.34. The van der Waals surface area contributed by atoms with Crippen molar-refractivity contribution in [2.45, 2.75) is 0 Å². The second-order valence-electron chi connectivity index (χ2n) is 2.53. The summed E-state index contributed by atoms with van der Waals surface area (Å²) in [6.07, 6.45) is 0. The van der Waals surface area contributed by atoms with Gasteiger partial charge in [0.05, 0.1) is 0 Å². The lowest BCUT2D eigenvalue weighted by Gasteiger charge is -2.17. The number of hydrazone groups is 1. The molecule has 0 unspecified atom stereocenters. The molecule has 1 aromatic rings. The van der Waals surface area contributed by atoms with E-state index in [0.717, 1.165) is 5.69 Å². The number of nitrogens with zero attached hydrogens (tertiary/aromatic N) is 2. The van der Waals surface area contributed by atoms with Crippen molar-refractivity contribution in [2.24, 2.45) is 16.7 Å². The summed E-state index contributed by atoms with van der Waals surface area (Å²) in [5.41, 5.74) is 6.35. The molecule has 0 aliphatic carbocycles. The van der Waals surface area contributed by atoms with E-state index in [1.165, 1.54) is 0 Å². The molecule has 1 rings (SSSR count). The minimum atomic E-state index is 0.238. The monoisotopic (exact) mass is 198 g/mol. The van der Waals surface area contributed by atoms with Crippen LogP contribution >= 0.6 is 11.6 Å². The molecule has 70 valence electrons. The van der Waals surface area contributed by atoms with Crippen LogP contribution in [0.4, 0.5) is 5.69 Å². The first-order chi connectivity index (χ1) is 6.15. The molecular weight excluding hydrogens is 188 g/mol. The molecule has 4 nitrogen and oxygen atoms in total. The van der Waals surface area contributed by atoms with Gasteiger partial charge in [-0.1, -0.05) is 17.7 Å². The summed E-state index contributed by atoms with van der Waals surface area (Å²) < 4.78 is 0. The Morgan fingerprint density at radius 1 is 1.54 bits per heavy atom. The van der Waals surface area contributed by atoms with Gasteiger partial charge >= 0.3 is 0 Å². The number of hydrogen-bond acceptors (Lipinski definition) is 2. The van der Waals surface area contributed by atoms with Crippen LogP contribution in [0.3, 0.4) is 0 Å². The molecule has 0 heterocycles. The largest absolute Gasteiger partial charge is 0.368 e. The van der Waals surface area contributed by atoms with Gasteiger partial charge in [0.25, 0.3) is 0 Å². The van der Waals surface area contributed by atoms with Gasteiger partial charge in [0, 0.05) is 17.8 Å². The number of benzene rings is 1. The van der Waals surface area contributed by atoms with Crippen LogP contribution in [-0.2, 0) is 0 Å². The molecule has 0 saturated carbocycles. The van der Waals surface area contributed by atoms with Crippen molar-refractivity contribution in [3.8, 4) is 0 Å². The van der Waals surface area contributed by atoms with Gasteiger partial charge in [-0.3, -0.25) is 0 Å². The van der Waals surface area contributed by atoms with E-state index < -0.39 is 0 Å². The zero-order valence-electron chi connectivity index (χ0n) is 7.24. The summed E-state index contributed by atoms with van der Waals surface area (Å²) in [6.45, 7) is 0. The van der Waals surface area contributed by atoms with Gasteiger partial charge in [0.2, 0.25) is 5.96 Å². The van der Waals surface area contributed by atoms with Crippen molar-refractivity contribution in [3.05, 3.63) is 29.3 Å². The zero-order valence-corrected chi connectivity index (χ0v) is 7.99. The second-order valence-corrected chi connectivity index (χ2v) is 2.96. The molecule has 0 aliphatic heterocycles. The molecule has 0 aliphatic rings. The first kappa shape index (κ1) is 9.67. The standard InChI is InChI=1S/C8H11ClN4/c1-13(8(10)12-11)7-4-2-3-6(9)5-7/h2-5H,11H2,1H3,(H2,10,12). The Balaban J connectivity index is 2.95. The fourth-order valence-corrected chi connectivity index (χ4v) is 1.09. The van der Waals surface area contributed by atoms with Gasteiger partial charge in [-0.25, -0.2) is 0 Å². The first-order valence-electron chi connectivity index (χ1n) is 3.68. The van der Waals surface area contributed by atoms with Gasteiger partial charge in [-0.15, -0.1) is 5.10 Å². The molecular formula is C8H11ClN4. The predicted octanol–water partition coefficient (Wildman–Crippen LogP) is 0.965. The third-order valence-corrected chi connectivity index (χ3v) is 1.91. The highest BCUT2D eigenvalue weighted by Gasteiger charge is 2.03. The lowest BCUT2D eigenvalue weighted by molar-refractivity contribution is 1.14. The maximum absolute atomic E-state index is 5.80. The van der Waals surface area contributed by atoms with E-state index in [4.69, 9.17) is 23.2 Å².